The van der Waals surface area contributed by atoms with Crippen LogP contribution in [0.25, 0.3) is 0 Å². The molecule has 0 fully saturated rings. The number of carbonyl (C=O) groups excluding carboxylic acids is 2. The molecule has 0 saturated carbocycles. The van der Waals surface area contributed by atoms with Crippen molar-refractivity contribution in [3.8, 4) is 11.5 Å². The fourth-order valence-corrected chi connectivity index (χ4v) is 2.80. The summed E-state index contributed by atoms with van der Waals surface area (Å²) in [5.41, 5.74) is 1.15. The third-order valence-corrected chi connectivity index (χ3v) is 4.13. The molecule has 3 rings (SSSR count). The van der Waals surface area contributed by atoms with Gasteiger partial charge in [-0.1, -0.05) is 23.7 Å². The highest BCUT2D eigenvalue weighted by Gasteiger charge is 2.15. The van der Waals surface area contributed by atoms with E-state index in [1.807, 2.05) is 0 Å². The van der Waals surface area contributed by atoms with Gasteiger partial charge >= 0.3 is 0 Å². The minimum absolute atomic E-state index is 0.0553. The number of hydrogen-bond donors (Lipinski definition) is 2. The molecule has 1 aliphatic rings. The topological polar surface area (TPSA) is 79.9 Å². The lowest BCUT2D eigenvalue weighted by molar-refractivity contribution is -0.119. The van der Waals surface area contributed by atoms with Gasteiger partial charge in [0.1, 0.15) is 13.2 Å². The average Bonchev–Trinajstić information content (AvgIpc) is 2.63. The number of hydrogen-bond acceptors (Lipinski definition) is 5. The van der Waals surface area contributed by atoms with Crippen LogP contribution >= 0.6 is 11.6 Å². The van der Waals surface area contributed by atoms with Crippen LogP contribution in [-0.4, -0.2) is 50.1 Å². The maximum absolute atomic E-state index is 12.2. The Labute approximate surface area is 162 Å². The number of ether oxygens (including phenoxy) is 2. The molecule has 0 aromatic heterocycles. The first-order valence-corrected chi connectivity index (χ1v) is 8.81. The van der Waals surface area contributed by atoms with Crippen molar-refractivity contribution in [1.29, 1.82) is 0 Å². The summed E-state index contributed by atoms with van der Waals surface area (Å²) >= 11 is 6.02. The summed E-state index contributed by atoms with van der Waals surface area (Å²) < 4.78 is 10.9. The maximum atomic E-state index is 12.2. The lowest BCUT2D eigenvalue weighted by Gasteiger charge is -2.19. The van der Waals surface area contributed by atoms with E-state index in [4.69, 9.17) is 21.1 Å². The Balaban J connectivity index is 1.49. The van der Waals surface area contributed by atoms with Gasteiger partial charge in [-0.25, -0.2) is 0 Å². The molecule has 1 aliphatic heterocycles. The van der Waals surface area contributed by atoms with Crippen molar-refractivity contribution in [3.05, 3.63) is 47.5 Å². The highest BCUT2D eigenvalue weighted by Crippen LogP contribution is 2.32. The SMILES string of the molecule is CN(CC(=O)Nc1ccc2c(c1)OCCO2)CC(=O)Nc1ccccc1Cl. The molecule has 0 spiro atoms. The highest BCUT2D eigenvalue weighted by molar-refractivity contribution is 6.33. The largest absolute Gasteiger partial charge is 0.486 e. The van der Waals surface area contributed by atoms with Crippen LogP contribution in [0.5, 0.6) is 11.5 Å². The smallest absolute Gasteiger partial charge is 0.238 e. The second-order valence-electron chi connectivity index (χ2n) is 6.11. The van der Waals surface area contributed by atoms with Crippen molar-refractivity contribution in [2.45, 2.75) is 0 Å². The standard InChI is InChI=1S/C19H20ClN3O4/c1-23(12-19(25)22-15-5-3-2-4-14(15)20)11-18(24)21-13-6-7-16-17(10-13)27-9-8-26-16/h2-7,10H,8-9,11-12H2,1H3,(H,21,24)(H,22,25). The van der Waals surface area contributed by atoms with Crippen molar-refractivity contribution < 1.29 is 19.1 Å². The molecular formula is C19H20ClN3O4. The second kappa shape index (κ2) is 8.75. The molecule has 0 unspecified atom stereocenters. The summed E-state index contributed by atoms with van der Waals surface area (Å²) in [7, 11) is 1.69. The number of nitrogens with zero attached hydrogens (tertiary/aromatic N) is 1. The molecule has 27 heavy (non-hydrogen) atoms. The second-order valence-corrected chi connectivity index (χ2v) is 6.51. The van der Waals surface area contributed by atoms with Crippen LogP contribution in [0.4, 0.5) is 11.4 Å². The lowest BCUT2D eigenvalue weighted by atomic mass is 10.2. The summed E-state index contributed by atoms with van der Waals surface area (Å²) in [4.78, 5) is 25.9. The number of benzene rings is 2. The normalized spacial score (nSPS) is 12.6. The van der Waals surface area contributed by atoms with Gasteiger partial charge in [0.2, 0.25) is 11.8 Å². The summed E-state index contributed by atoms with van der Waals surface area (Å²) in [5.74, 6) is 0.775. The lowest BCUT2D eigenvalue weighted by Crippen LogP contribution is -2.36. The first-order chi connectivity index (χ1) is 13.0. The molecule has 2 aromatic carbocycles. The Hall–Kier alpha value is -2.77. The number of amides is 2. The third-order valence-electron chi connectivity index (χ3n) is 3.80. The van der Waals surface area contributed by atoms with Crippen LogP contribution in [-0.2, 0) is 9.59 Å². The van der Waals surface area contributed by atoms with E-state index >= 15 is 0 Å². The first kappa shape index (κ1) is 19.0. The van der Waals surface area contributed by atoms with E-state index < -0.39 is 0 Å². The van der Waals surface area contributed by atoms with Gasteiger partial charge in [0.25, 0.3) is 0 Å². The van der Waals surface area contributed by atoms with Gasteiger partial charge in [0, 0.05) is 11.8 Å². The number of nitrogens with one attached hydrogen (secondary N) is 2. The van der Waals surface area contributed by atoms with Gasteiger partial charge in [-0.2, -0.15) is 0 Å². The van der Waals surface area contributed by atoms with Gasteiger partial charge < -0.3 is 20.1 Å². The van der Waals surface area contributed by atoms with Gasteiger partial charge in [0.05, 0.1) is 23.8 Å². The predicted molar refractivity (Wildman–Crippen MR) is 104 cm³/mol. The third kappa shape index (κ3) is 5.35. The van der Waals surface area contributed by atoms with E-state index in [9.17, 15) is 9.59 Å². The van der Waals surface area contributed by atoms with E-state index in [0.29, 0.717) is 41.1 Å². The molecule has 2 N–H and O–H groups in total. The van der Waals surface area contributed by atoms with E-state index in [2.05, 4.69) is 10.6 Å². The Morgan fingerprint density at radius 1 is 1.00 bits per heavy atom. The van der Waals surface area contributed by atoms with E-state index in [1.165, 1.54) is 0 Å². The quantitative estimate of drug-likeness (QED) is 0.793. The molecule has 142 valence electrons. The monoisotopic (exact) mass is 389 g/mol. The van der Waals surface area contributed by atoms with Crippen molar-refractivity contribution in [2.24, 2.45) is 0 Å². The number of carbonyl (C=O) groups is 2. The Morgan fingerprint density at radius 2 is 1.67 bits per heavy atom. The van der Waals surface area contributed by atoms with Crippen LogP contribution < -0.4 is 20.1 Å². The molecule has 8 heteroatoms. The number of likely N-dealkylation sites (N-methyl/N-ethyl adjacent to an activating group) is 1. The van der Waals surface area contributed by atoms with Gasteiger partial charge in [-0.05, 0) is 31.3 Å². The van der Waals surface area contributed by atoms with Crippen LogP contribution in [0.3, 0.4) is 0 Å². The minimum Gasteiger partial charge on any atom is -0.486 e. The van der Waals surface area contributed by atoms with Gasteiger partial charge in [-0.15, -0.1) is 0 Å². The maximum Gasteiger partial charge on any atom is 0.238 e. The molecule has 0 bridgehead atoms. The van der Waals surface area contributed by atoms with Crippen LogP contribution in [0.1, 0.15) is 0 Å². The van der Waals surface area contributed by atoms with E-state index in [0.717, 1.165) is 0 Å². The Morgan fingerprint density at radius 3 is 2.41 bits per heavy atom. The van der Waals surface area contributed by atoms with Crippen molar-refractivity contribution in [1.82, 2.24) is 4.90 Å². The molecular weight excluding hydrogens is 370 g/mol. The summed E-state index contributed by atoms with van der Waals surface area (Å²) in [5, 5.41) is 5.97. The minimum atomic E-state index is -0.252. The van der Waals surface area contributed by atoms with Gasteiger partial charge in [0.15, 0.2) is 11.5 Å². The molecule has 2 amide bonds. The molecule has 1 heterocycles. The van der Waals surface area contributed by atoms with Gasteiger partial charge in [-0.3, -0.25) is 14.5 Å². The van der Waals surface area contributed by atoms with Crippen LogP contribution in [0.15, 0.2) is 42.5 Å². The summed E-state index contributed by atoms with van der Waals surface area (Å²) in [6, 6.07) is 12.2. The molecule has 7 nitrogen and oxygen atoms in total. The Bertz CT molecular complexity index is 843. The number of para-hydroxylation sites is 1. The number of halogens is 1. The van der Waals surface area contributed by atoms with E-state index in [-0.39, 0.29) is 24.9 Å². The zero-order valence-corrected chi connectivity index (χ0v) is 15.6. The van der Waals surface area contributed by atoms with Crippen molar-refractivity contribution >= 4 is 34.8 Å². The fraction of sp³-hybridized carbons (Fsp3) is 0.263. The molecule has 2 aromatic rings. The van der Waals surface area contributed by atoms with Crippen LogP contribution in [0, 0.1) is 0 Å². The Kier molecular flexibility index (Phi) is 6.16. The number of fused-ring (bicyclic) bond motifs is 1. The number of rotatable bonds is 6. The average molecular weight is 390 g/mol. The summed E-state index contributed by atoms with van der Waals surface area (Å²) in [6.07, 6.45) is 0. The number of anilines is 2. The zero-order chi connectivity index (χ0) is 19.2. The molecule has 0 aliphatic carbocycles. The molecule has 0 saturated heterocycles. The van der Waals surface area contributed by atoms with Crippen LogP contribution in [0.2, 0.25) is 5.02 Å². The van der Waals surface area contributed by atoms with Crippen molar-refractivity contribution in [3.63, 3.8) is 0 Å². The summed E-state index contributed by atoms with van der Waals surface area (Å²) in [6.45, 7) is 1.11. The molecule has 0 radical (unpaired) electrons. The molecule has 0 atom stereocenters. The highest BCUT2D eigenvalue weighted by atomic mass is 35.5. The van der Waals surface area contributed by atoms with E-state index in [1.54, 1.807) is 54.4 Å². The zero-order valence-electron chi connectivity index (χ0n) is 14.8. The van der Waals surface area contributed by atoms with Crippen molar-refractivity contribution in [2.75, 3.05) is 44.0 Å². The first-order valence-electron chi connectivity index (χ1n) is 8.43. The predicted octanol–water partition coefficient (Wildman–Crippen LogP) is 2.62. The fourth-order valence-electron chi connectivity index (χ4n) is 2.62.